The van der Waals surface area contributed by atoms with Crippen molar-refractivity contribution in [2.24, 2.45) is 0 Å². The first kappa shape index (κ1) is 17.1. The molecule has 5 nitrogen and oxygen atoms in total. The molecule has 0 bridgehead atoms. The highest BCUT2D eigenvalue weighted by Crippen LogP contribution is 2.20. The molecule has 114 valence electrons. The highest BCUT2D eigenvalue weighted by atomic mass is 32.1. The van der Waals surface area contributed by atoms with Crippen LogP contribution in [-0.2, 0) is 16.0 Å². The molecular formula is C14H25N3O2S. The third-order valence-corrected chi connectivity index (χ3v) is 4.33. The van der Waals surface area contributed by atoms with Crippen LogP contribution in [0.1, 0.15) is 43.1 Å². The largest absolute Gasteiger partial charge is 0.385 e. The first-order valence-electron chi connectivity index (χ1n) is 7.05. The van der Waals surface area contributed by atoms with Crippen LogP contribution >= 0.6 is 11.3 Å². The third kappa shape index (κ3) is 5.56. The van der Waals surface area contributed by atoms with Crippen molar-refractivity contribution in [2.45, 2.75) is 45.7 Å². The number of methoxy groups -OCH3 is 1. The molecule has 20 heavy (non-hydrogen) atoms. The zero-order valence-electron chi connectivity index (χ0n) is 12.7. The summed E-state index contributed by atoms with van der Waals surface area (Å²) in [5.74, 6) is 0.0141. The average molecular weight is 299 g/mol. The standard InChI is InChI=1S/C14H25N3O2S/c1-5-12-9-16-14(20-12)11(3)17-10(2)13(18)15-7-6-8-19-4/h9-11,17H,5-8H2,1-4H3,(H,15,18). The normalized spacial score (nSPS) is 14.0. The van der Waals surface area contributed by atoms with Crippen molar-refractivity contribution in [2.75, 3.05) is 20.3 Å². The molecule has 1 amide bonds. The number of rotatable bonds is 9. The Morgan fingerprint density at radius 3 is 2.85 bits per heavy atom. The fourth-order valence-corrected chi connectivity index (χ4v) is 2.66. The number of hydrogen-bond acceptors (Lipinski definition) is 5. The second kappa shape index (κ2) is 9.05. The molecule has 2 N–H and O–H groups in total. The number of nitrogens with zero attached hydrogens (tertiary/aromatic N) is 1. The van der Waals surface area contributed by atoms with E-state index >= 15 is 0 Å². The first-order chi connectivity index (χ1) is 9.58. The second-order valence-corrected chi connectivity index (χ2v) is 5.91. The summed E-state index contributed by atoms with van der Waals surface area (Å²) in [4.78, 5) is 17.6. The minimum atomic E-state index is -0.235. The van der Waals surface area contributed by atoms with E-state index in [-0.39, 0.29) is 18.0 Å². The van der Waals surface area contributed by atoms with Crippen molar-refractivity contribution >= 4 is 17.2 Å². The lowest BCUT2D eigenvalue weighted by Gasteiger charge is -2.18. The SMILES string of the molecule is CCc1cnc(C(C)NC(C)C(=O)NCCCOC)s1. The molecule has 0 aliphatic carbocycles. The number of carbonyl (C=O) groups is 1. The van der Waals surface area contributed by atoms with Gasteiger partial charge in [0.15, 0.2) is 0 Å². The van der Waals surface area contributed by atoms with Gasteiger partial charge in [0.05, 0.1) is 12.1 Å². The van der Waals surface area contributed by atoms with Gasteiger partial charge in [0.2, 0.25) is 5.91 Å². The van der Waals surface area contributed by atoms with E-state index in [0.29, 0.717) is 13.2 Å². The highest BCUT2D eigenvalue weighted by molar-refractivity contribution is 7.11. The number of aromatic nitrogens is 1. The summed E-state index contributed by atoms with van der Waals surface area (Å²) in [6.45, 7) is 7.33. The van der Waals surface area contributed by atoms with E-state index in [2.05, 4.69) is 22.5 Å². The monoisotopic (exact) mass is 299 g/mol. The number of ether oxygens (including phenoxy) is 1. The fraction of sp³-hybridized carbons (Fsp3) is 0.714. The number of carbonyl (C=O) groups excluding carboxylic acids is 1. The van der Waals surface area contributed by atoms with Gasteiger partial charge in [-0.05, 0) is 26.7 Å². The minimum absolute atomic E-state index is 0.0141. The summed E-state index contributed by atoms with van der Waals surface area (Å²) in [7, 11) is 1.66. The van der Waals surface area contributed by atoms with Gasteiger partial charge in [-0.25, -0.2) is 4.98 Å². The van der Waals surface area contributed by atoms with Crippen LogP contribution in [0.3, 0.4) is 0 Å². The Morgan fingerprint density at radius 1 is 1.50 bits per heavy atom. The van der Waals surface area contributed by atoms with Gasteiger partial charge in [-0.3, -0.25) is 10.1 Å². The minimum Gasteiger partial charge on any atom is -0.385 e. The lowest BCUT2D eigenvalue weighted by molar-refractivity contribution is -0.122. The van der Waals surface area contributed by atoms with Crippen molar-refractivity contribution in [3.05, 3.63) is 16.1 Å². The predicted octanol–water partition coefficient (Wildman–Crippen LogP) is 1.90. The van der Waals surface area contributed by atoms with Crippen LogP contribution in [-0.4, -0.2) is 37.2 Å². The zero-order valence-corrected chi connectivity index (χ0v) is 13.5. The average Bonchev–Trinajstić information content (AvgIpc) is 2.92. The van der Waals surface area contributed by atoms with Crippen molar-refractivity contribution in [1.29, 1.82) is 0 Å². The first-order valence-corrected chi connectivity index (χ1v) is 7.87. The van der Waals surface area contributed by atoms with Gasteiger partial charge in [-0.15, -0.1) is 11.3 Å². The maximum Gasteiger partial charge on any atom is 0.236 e. The predicted molar refractivity (Wildman–Crippen MR) is 82.0 cm³/mol. The Hall–Kier alpha value is -0.980. The molecule has 0 aliphatic heterocycles. The van der Waals surface area contributed by atoms with E-state index in [1.165, 1.54) is 4.88 Å². The molecular weight excluding hydrogens is 274 g/mol. The fourth-order valence-electron chi connectivity index (χ4n) is 1.79. The maximum atomic E-state index is 11.9. The van der Waals surface area contributed by atoms with E-state index < -0.39 is 0 Å². The summed E-state index contributed by atoms with van der Waals surface area (Å²) >= 11 is 1.70. The number of thiazole rings is 1. The maximum absolute atomic E-state index is 11.9. The topological polar surface area (TPSA) is 63.2 Å². The lowest BCUT2D eigenvalue weighted by atomic mass is 10.2. The molecule has 1 aromatic heterocycles. The van der Waals surface area contributed by atoms with Gasteiger partial charge in [-0.1, -0.05) is 6.92 Å². The molecule has 0 saturated heterocycles. The van der Waals surface area contributed by atoms with Crippen LogP contribution in [0.5, 0.6) is 0 Å². The summed E-state index contributed by atoms with van der Waals surface area (Å²) in [6.07, 6.45) is 3.74. The van der Waals surface area contributed by atoms with Crippen LogP contribution in [0, 0.1) is 0 Å². The highest BCUT2D eigenvalue weighted by Gasteiger charge is 2.17. The molecule has 1 rings (SSSR count). The molecule has 1 aromatic rings. The Morgan fingerprint density at radius 2 is 2.25 bits per heavy atom. The van der Waals surface area contributed by atoms with Gasteiger partial charge in [0, 0.05) is 31.3 Å². The second-order valence-electron chi connectivity index (χ2n) is 4.77. The van der Waals surface area contributed by atoms with Crippen molar-refractivity contribution in [3.63, 3.8) is 0 Å². The van der Waals surface area contributed by atoms with Gasteiger partial charge >= 0.3 is 0 Å². The van der Waals surface area contributed by atoms with Gasteiger partial charge in [-0.2, -0.15) is 0 Å². The Bertz CT molecular complexity index is 409. The van der Waals surface area contributed by atoms with Crippen LogP contribution < -0.4 is 10.6 Å². The van der Waals surface area contributed by atoms with Gasteiger partial charge < -0.3 is 10.1 Å². The molecule has 1 heterocycles. The van der Waals surface area contributed by atoms with Gasteiger partial charge in [0.1, 0.15) is 5.01 Å². The molecule has 0 aliphatic rings. The van der Waals surface area contributed by atoms with Crippen molar-refractivity contribution < 1.29 is 9.53 Å². The third-order valence-electron chi connectivity index (χ3n) is 3.01. The molecule has 0 saturated carbocycles. The summed E-state index contributed by atoms with van der Waals surface area (Å²) < 4.78 is 4.95. The van der Waals surface area contributed by atoms with E-state index in [0.717, 1.165) is 17.8 Å². The van der Waals surface area contributed by atoms with E-state index in [1.807, 2.05) is 20.0 Å². The summed E-state index contributed by atoms with van der Waals surface area (Å²) in [5, 5.41) is 7.20. The Labute approximate surface area is 125 Å². The number of hydrogen-bond donors (Lipinski definition) is 2. The molecule has 2 unspecified atom stereocenters. The molecule has 0 fully saturated rings. The number of aryl methyl sites for hydroxylation is 1. The van der Waals surface area contributed by atoms with E-state index in [4.69, 9.17) is 4.74 Å². The Kier molecular flexibility index (Phi) is 7.72. The van der Waals surface area contributed by atoms with Crippen LogP contribution in [0.2, 0.25) is 0 Å². The summed E-state index contributed by atoms with van der Waals surface area (Å²) in [6, 6.07) is -0.151. The van der Waals surface area contributed by atoms with Crippen molar-refractivity contribution in [3.8, 4) is 0 Å². The number of nitrogens with one attached hydrogen (secondary N) is 2. The zero-order chi connectivity index (χ0) is 15.0. The van der Waals surface area contributed by atoms with E-state index in [9.17, 15) is 4.79 Å². The molecule has 0 radical (unpaired) electrons. The molecule has 2 atom stereocenters. The van der Waals surface area contributed by atoms with Crippen LogP contribution in [0.25, 0.3) is 0 Å². The quantitative estimate of drug-likeness (QED) is 0.684. The smallest absolute Gasteiger partial charge is 0.236 e. The Balaban J connectivity index is 2.36. The number of amides is 1. The molecule has 0 spiro atoms. The van der Waals surface area contributed by atoms with E-state index in [1.54, 1.807) is 18.4 Å². The van der Waals surface area contributed by atoms with Gasteiger partial charge in [0.25, 0.3) is 0 Å². The van der Waals surface area contributed by atoms with Crippen molar-refractivity contribution in [1.82, 2.24) is 15.6 Å². The van der Waals surface area contributed by atoms with Crippen LogP contribution in [0.4, 0.5) is 0 Å². The molecule has 0 aromatic carbocycles. The summed E-state index contributed by atoms with van der Waals surface area (Å²) in [5.41, 5.74) is 0. The van der Waals surface area contributed by atoms with Crippen LogP contribution in [0.15, 0.2) is 6.20 Å². The lowest BCUT2D eigenvalue weighted by Crippen LogP contribution is -2.43. The molecule has 6 heteroatoms.